The summed E-state index contributed by atoms with van der Waals surface area (Å²) in [6.45, 7) is -1.22. The van der Waals surface area contributed by atoms with E-state index in [4.69, 9.17) is 14.2 Å². The van der Waals surface area contributed by atoms with Gasteiger partial charge < -0.3 is 14.2 Å². The molecule has 0 amide bonds. The summed E-state index contributed by atoms with van der Waals surface area (Å²) in [6.07, 6.45) is 0. The van der Waals surface area contributed by atoms with Crippen LogP contribution in [0.5, 0.6) is 17.2 Å². The maximum atomic E-state index is 13.1. The van der Waals surface area contributed by atoms with Crippen LogP contribution < -0.4 is 18.9 Å². The average molecular weight is 477 g/mol. The van der Waals surface area contributed by atoms with Gasteiger partial charge in [-0.3, -0.25) is 0 Å². The third-order valence-electron chi connectivity index (χ3n) is 4.49. The van der Waals surface area contributed by atoms with Crippen molar-refractivity contribution in [1.82, 2.24) is 9.03 Å². The van der Waals surface area contributed by atoms with Crippen molar-refractivity contribution in [2.75, 3.05) is 41.5 Å². The van der Waals surface area contributed by atoms with Gasteiger partial charge in [0.25, 0.3) is 0 Å². The molecule has 2 aromatic rings. The molecule has 0 aliphatic rings. The minimum absolute atomic E-state index is 0.0294. The second-order valence-electron chi connectivity index (χ2n) is 6.35. The van der Waals surface area contributed by atoms with E-state index < -0.39 is 26.7 Å². The van der Waals surface area contributed by atoms with Crippen LogP contribution >= 0.6 is 0 Å². The number of likely N-dealkylation sites (N-methyl/N-ethyl adjacent to an activating group) is 1. The van der Waals surface area contributed by atoms with Crippen molar-refractivity contribution in [3.8, 4) is 17.2 Å². The Balaban J connectivity index is 2.10. The molecule has 1 N–H and O–H groups in total. The van der Waals surface area contributed by atoms with E-state index in [1.807, 2.05) is 0 Å². The molecular formula is C19H25FN2O7S2. The summed E-state index contributed by atoms with van der Waals surface area (Å²) in [5, 5.41) is 0. The normalized spacial score (nSPS) is 12.1. The van der Waals surface area contributed by atoms with Gasteiger partial charge in [-0.25, -0.2) is 25.9 Å². The predicted octanol–water partition coefficient (Wildman–Crippen LogP) is 1.78. The quantitative estimate of drug-likeness (QED) is 0.526. The number of hydrogen-bond donors (Lipinski definition) is 1. The second-order valence-corrected chi connectivity index (χ2v) is 10.2. The lowest BCUT2D eigenvalue weighted by atomic mass is 10.2. The number of nitrogens with one attached hydrogen (secondary N) is 1. The van der Waals surface area contributed by atoms with Gasteiger partial charge in [0.05, 0.1) is 31.1 Å². The fourth-order valence-electron chi connectivity index (χ4n) is 2.72. The van der Waals surface area contributed by atoms with Gasteiger partial charge >= 0.3 is 0 Å². The molecule has 0 saturated heterocycles. The number of hydrogen-bond acceptors (Lipinski definition) is 7. The molecule has 0 saturated carbocycles. The van der Waals surface area contributed by atoms with E-state index in [9.17, 15) is 21.2 Å². The summed E-state index contributed by atoms with van der Waals surface area (Å²) in [5.41, 5.74) is 0.0959. The van der Waals surface area contributed by atoms with Crippen molar-refractivity contribution in [2.45, 2.75) is 16.5 Å². The van der Waals surface area contributed by atoms with Gasteiger partial charge in [0.2, 0.25) is 20.0 Å². The fourth-order valence-corrected chi connectivity index (χ4v) is 4.98. The Bertz CT molecular complexity index is 1120. The van der Waals surface area contributed by atoms with Crippen LogP contribution in [0.4, 0.5) is 4.39 Å². The molecule has 0 aliphatic heterocycles. The second kappa shape index (κ2) is 10.3. The van der Waals surface area contributed by atoms with Crippen molar-refractivity contribution >= 4 is 20.0 Å². The largest absolute Gasteiger partial charge is 0.496 e. The summed E-state index contributed by atoms with van der Waals surface area (Å²) in [4.78, 5) is -0.176. The van der Waals surface area contributed by atoms with Crippen LogP contribution in [0.2, 0.25) is 0 Å². The molecule has 0 heterocycles. The zero-order valence-corrected chi connectivity index (χ0v) is 19.2. The lowest BCUT2D eigenvalue weighted by Crippen LogP contribution is -2.36. The lowest BCUT2D eigenvalue weighted by Gasteiger charge is -2.18. The Morgan fingerprint density at radius 3 is 2.03 bits per heavy atom. The van der Waals surface area contributed by atoms with Crippen LogP contribution in [-0.4, -0.2) is 62.6 Å². The smallest absolute Gasteiger partial charge is 0.242 e. The highest BCUT2D eigenvalue weighted by atomic mass is 32.2. The minimum atomic E-state index is -3.97. The molecule has 0 bridgehead atoms. The molecule has 9 nitrogen and oxygen atoms in total. The molecular weight excluding hydrogens is 451 g/mol. The third kappa shape index (κ3) is 5.64. The predicted molar refractivity (Wildman–Crippen MR) is 112 cm³/mol. The van der Waals surface area contributed by atoms with Gasteiger partial charge in [0, 0.05) is 31.8 Å². The molecule has 0 unspecified atom stereocenters. The van der Waals surface area contributed by atoms with Gasteiger partial charge in [-0.1, -0.05) is 0 Å². The first-order valence-corrected chi connectivity index (χ1v) is 11.9. The van der Waals surface area contributed by atoms with E-state index in [-0.39, 0.29) is 39.9 Å². The van der Waals surface area contributed by atoms with Crippen molar-refractivity contribution in [3.05, 3.63) is 42.0 Å². The zero-order chi connectivity index (χ0) is 23.2. The van der Waals surface area contributed by atoms with Crippen molar-refractivity contribution < 1.29 is 35.4 Å². The van der Waals surface area contributed by atoms with E-state index in [0.717, 1.165) is 4.31 Å². The Hall–Kier alpha value is -2.41. The maximum absolute atomic E-state index is 13.1. The van der Waals surface area contributed by atoms with E-state index in [2.05, 4.69) is 4.72 Å². The Morgan fingerprint density at radius 1 is 0.871 bits per heavy atom. The van der Waals surface area contributed by atoms with Crippen LogP contribution in [-0.2, 0) is 26.7 Å². The van der Waals surface area contributed by atoms with E-state index in [0.29, 0.717) is 5.75 Å². The van der Waals surface area contributed by atoms with Gasteiger partial charge in [-0.2, -0.15) is 4.31 Å². The van der Waals surface area contributed by atoms with Gasteiger partial charge in [-0.15, -0.1) is 0 Å². The number of halogens is 1. The van der Waals surface area contributed by atoms with Crippen molar-refractivity contribution in [2.24, 2.45) is 0 Å². The third-order valence-corrected chi connectivity index (χ3v) is 7.80. The summed E-state index contributed by atoms with van der Waals surface area (Å²) >= 11 is 0. The first-order chi connectivity index (χ1) is 14.6. The number of alkyl halides is 1. The molecule has 0 aliphatic carbocycles. The summed E-state index contributed by atoms with van der Waals surface area (Å²) in [6, 6.07) is 7.97. The van der Waals surface area contributed by atoms with Crippen LogP contribution in [0.15, 0.2) is 46.2 Å². The summed E-state index contributed by atoms with van der Waals surface area (Å²) < 4.78 is 82.2. The first-order valence-electron chi connectivity index (χ1n) is 9.01. The molecule has 0 radical (unpaired) electrons. The number of nitrogens with zero attached hydrogens (tertiary/aromatic N) is 1. The average Bonchev–Trinajstić information content (AvgIpc) is 2.77. The zero-order valence-electron chi connectivity index (χ0n) is 17.6. The molecule has 0 spiro atoms. The van der Waals surface area contributed by atoms with Crippen LogP contribution in [0.3, 0.4) is 0 Å². The Morgan fingerprint density at radius 2 is 1.45 bits per heavy atom. The number of sulfonamides is 2. The number of rotatable bonds is 11. The van der Waals surface area contributed by atoms with Gasteiger partial charge in [0.15, 0.2) is 11.5 Å². The highest BCUT2D eigenvalue weighted by Crippen LogP contribution is 2.30. The van der Waals surface area contributed by atoms with Crippen LogP contribution in [0.1, 0.15) is 5.56 Å². The number of ether oxygens (including phenoxy) is 3. The molecule has 0 atom stereocenters. The highest BCUT2D eigenvalue weighted by Gasteiger charge is 2.23. The standard InChI is InChI=1S/C19H25FN2O7S2/c1-22(31(25,26)16-6-8-18(28-3)19(12-16)29-4)10-9-21-30(23,24)15-5-7-17(27-2)14(11-15)13-20/h5-8,11-12,21H,9-10,13H2,1-4H3. The molecule has 0 fully saturated rings. The molecule has 2 aromatic carbocycles. The molecule has 0 aromatic heterocycles. The van der Waals surface area contributed by atoms with Crippen LogP contribution in [0.25, 0.3) is 0 Å². The van der Waals surface area contributed by atoms with Gasteiger partial charge in [-0.05, 0) is 30.3 Å². The molecule has 31 heavy (non-hydrogen) atoms. The van der Waals surface area contributed by atoms with Crippen LogP contribution in [0, 0.1) is 0 Å². The number of methoxy groups -OCH3 is 3. The van der Waals surface area contributed by atoms with E-state index in [1.165, 1.54) is 64.8 Å². The molecule has 12 heteroatoms. The monoisotopic (exact) mass is 476 g/mol. The fraction of sp³-hybridized carbons (Fsp3) is 0.368. The van der Waals surface area contributed by atoms with Crippen molar-refractivity contribution in [3.63, 3.8) is 0 Å². The Labute approximate surface area is 181 Å². The maximum Gasteiger partial charge on any atom is 0.242 e. The SMILES string of the molecule is COc1ccc(S(=O)(=O)NCCN(C)S(=O)(=O)c2ccc(OC)c(OC)c2)cc1CF. The summed E-state index contributed by atoms with van der Waals surface area (Å²) in [5.74, 6) is 0.868. The topological polar surface area (TPSA) is 111 Å². The highest BCUT2D eigenvalue weighted by molar-refractivity contribution is 7.89. The molecule has 172 valence electrons. The first kappa shape index (κ1) is 24.9. The number of benzene rings is 2. The van der Waals surface area contributed by atoms with Crippen molar-refractivity contribution in [1.29, 1.82) is 0 Å². The van der Waals surface area contributed by atoms with E-state index in [1.54, 1.807) is 0 Å². The lowest BCUT2D eigenvalue weighted by molar-refractivity contribution is 0.353. The molecule has 2 rings (SSSR count). The summed E-state index contributed by atoms with van der Waals surface area (Å²) in [7, 11) is -2.37. The van der Waals surface area contributed by atoms with Gasteiger partial charge in [0.1, 0.15) is 12.4 Å². The van der Waals surface area contributed by atoms with E-state index >= 15 is 0 Å². The minimum Gasteiger partial charge on any atom is -0.496 e. The Kier molecular flexibility index (Phi) is 8.23.